The Bertz CT molecular complexity index is 582. The highest BCUT2D eigenvalue weighted by molar-refractivity contribution is 6.07. The summed E-state index contributed by atoms with van der Waals surface area (Å²) in [6.45, 7) is 8.99. The van der Waals surface area contributed by atoms with Crippen molar-refractivity contribution < 1.29 is 4.79 Å². The number of aliphatic imine (C=N–C) groups is 1. The SMILES string of the molecule is Cc1ccc(C(=O)N=C2CC3CCC2(C)C3(C)C)cc1. The van der Waals surface area contributed by atoms with E-state index in [2.05, 4.69) is 25.8 Å². The lowest BCUT2D eigenvalue weighted by Crippen LogP contribution is -2.33. The average molecular weight is 269 g/mol. The number of carbonyl (C=O) groups excluding carboxylic acids is 1. The Morgan fingerprint density at radius 3 is 2.35 bits per heavy atom. The van der Waals surface area contributed by atoms with Gasteiger partial charge in [0, 0.05) is 16.7 Å². The maximum Gasteiger partial charge on any atom is 0.276 e. The Morgan fingerprint density at radius 1 is 1.20 bits per heavy atom. The first-order valence-corrected chi connectivity index (χ1v) is 7.53. The maximum atomic E-state index is 12.4. The van der Waals surface area contributed by atoms with Crippen molar-refractivity contribution in [3.8, 4) is 0 Å². The van der Waals surface area contributed by atoms with Crippen LogP contribution in [-0.2, 0) is 0 Å². The van der Waals surface area contributed by atoms with Gasteiger partial charge in [-0.15, -0.1) is 0 Å². The molecule has 0 radical (unpaired) electrons. The molecule has 2 nitrogen and oxygen atoms in total. The normalized spacial score (nSPS) is 32.8. The maximum absolute atomic E-state index is 12.4. The summed E-state index contributed by atoms with van der Waals surface area (Å²) in [7, 11) is 0. The summed E-state index contributed by atoms with van der Waals surface area (Å²) in [6.07, 6.45) is 3.45. The van der Waals surface area contributed by atoms with E-state index in [1.54, 1.807) is 0 Å². The predicted octanol–water partition coefficient (Wildman–Crippen LogP) is 4.42. The van der Waals surface area contributed by atoms with E-state index in [0.29, 0.717) is 11.5 Å². The first-order chi connectivity index (χ1) is 9.34. The molecule has 20 heavy (non-hydrogen) atoms. The van der Waals surface area contributed by atoms with E-state index in [9.17, 15) is 4.79 Å². The highest BCUT2D eigenvalue weighted by Crippen LogP contribution is 2.64. The largest absolute Gasteiger partial charge is 0.276 e. The highest BCUT2D eigenvalue weighted by Gasteiger charge is 2.59. The van der Waals surface area contributed by atoms with Crippen LogP contribution in [0.2, 0.25) is 0 Å². The minimum Gasteiger partial charge on any atom is -0.267 e. The summed E-state index contributed by atoms with van der Waals surface area (Å²) in [6, 6.07) is 7.70. The Balaban J connectivity index is 1.91. The van der Waals surface area contributed by atoms with E-state index in [4.69, 9.17) is 0 Å². The molecule has 2 atom stereocenters. The average Bonchev–Trinajstić information content (AvgIpc) is 2.72. The third-order valence-electron chi connectivity index (χ3n) is 6.05. The standard InChI is InChI=1S/C18H23NO/c1-12-5-7-13(8-6-12)16(20)19-15-11-14-9-10-18(15,4)17(14,2)3/h5-8,14H,9-11H2,1-4H3. The van der Waals surface area contributed by atoms with Crippen LogP contribution in [0.4, 0.5) is 0 Å². The molecule has 1 aromatic carbocycles. The van der Waals surface area contributed by atoms with Crippen LogP contribution in [0.5, 0.6) is 0 Å². The molecule has 2 saturated carbocycles. The second kappa shape index (κ2) is 4.28. The Labute approximate surface area is 121 Å². The first-order valence-electron chi connectivity index (χ1n) is 7.53. The summed E-state index contributed by atoms with van der Waals surface area (Å²) in [4.78, 5) is 16.9. The molecule has 0 aliphatic heterocycles. The van der Waals surface area contributed by atoms with Crippen molar-refractivity contribution in [2.24, 2.45) is 21.7 Å². The fraction of sp³-hybridized carbons (Fsp3) is 0.556. The monoisotopic (exact) mass is 269 g/mol. The quantitative estimate of drug-likeness (QED) is 0.742. The summed E-state index contributed by atoms with van der Waals surface area (Å²) in [5.74, 6) is 0.613. The van der Waals surface area contributed by atoms with Gasteiger partial charge in [0.1, 0.15) is 0 Å². The molecule has 0 spiro atoms. The molecule has 3 rings (SSSR count). The topological polar surface area (TPSA) is 29.4 Å². The van der Waals surface area contributed by atoms with Crippen LogP contribution >= 0.6 is 0 Å². The van der Waals surface area contributed by atoms with Gasteiger partial charge in [-0.25, -0.2) is 4.99 Å². The summed E-state index contributed by atoms with van der Waals surface area (Å²) >= 11 is 0. The highest BCUT2D eigenvalue weighted by atomic mass is 16.1. The number of aryl methyl sites for hydroxylation is 1. The zero-order valence-electron chi connectivity index (χ0n) is 12.9. The Kier molecular flexibility index (Phi) is 2.89. The van der Waals surface area contributed by atoms with Gasteiger partial charge in [-0.2, -0.15) is 0 Å². The smallest absolute Gasteiger partial charge is 0.267 e. The molecule has 2 heteroatoms. The number of fused-ring (bicyclic) bond motifs is 2. The predicted molar refractivity (Wildman–Crippen MR) is 82.2 cm³/mol. The van der Waals surface area contributed by atoms with Crippen LogP contribution in [0.3, 0.4) is 0 Å². The third-order valence-corrected chi connectivity index (χ3v) is 6.05. The van der Waals surface area contributed by atoms with Crippen molar-refractivity contribution in [1.82, 2.24) is 0 Å². The Morgan fingerprint density at radius 2 is 1.85 bits per heavy atom. The van der Waals surface area contributed by atoms with Gasteiger partial charge in [0.05, 0.1) is 0 Å². The molecular formula is C18H23NO. The van der Waals surface area contributed by atoms with Crippen LogP contribution in [0.1, 0.15) is 56.0 Å². The number of hydrogen-bond donors (Lipinski definition) is 0. The zero-order chi connectivity index (χ0) is 14.5. The van der Waals surface area contributed by atoms with Crippen molar-refractivity contribution in [3.05, 3.63) is 35.4 Å². The molecule has 0 aromatic heterocycles. The Hall–Kier alpha value is -1.44. The van der Waals surface area contributed by atoms with Gasteiger partial charge >= 0.3 is 0 Å². The molecule has 2 fully saturated rings. The van der Waals surface area contributed by atoms with Crippen LogP contribution in [-0.4, -0.2) is 11.6 Å². The lowest BCUT2D eigenvalue weighted by molar-refractivity contribution is 0.100. The molecule has 2 aliphatic carbocycles. The number of nitrogens with zero attached hydrogens (tertiary/aromatic N) is 1. The third kappa shape index (κ3) is 1.77. The van der Waals surface area contributed by atoms with Gasteiger partial charge in [0.25, 0.3) is 5.91 Å². The molecule has 2 unspecified atom stereocenters. The molecule has 2 bridgehead atoms. The minimum atomic E-state index is -0.0791. The summed E-state index contributed by atoms with van der Waals surface area (Å²) in [5.41, 5.74) is 3.39. The van der Waals surface area contributed by atoms with Crippen molar-refractivity contribution in [1.29, 1.82) is 0 Å². The van der Waals surface area contributed by atoms with Crippen LogP contribution in [0, 0.1) is 23.7 Å². The lowest BCUT2D eigenvalue weighted by Gasteiger charge is -2.34. The number of hydrogen-bond acceptors (Lipinski definition) is 1. The molecule has 0 N–H and O–H groups in total. The van der Waals surface area contributed by atoms with E-state index < -0.39 is 0 Å². The van der Waals surface area contributed by atoms with Crippen molar-refractivity contribution in [2.75, 3.05) is 0 Å². The van der Waals surface area contributed by atoms with Crippen LogP contribution in [0.15, 0.2) is 29.3 Å². The van der Waals surface area contributed by atoms with E-state index in [-0.39, 0.29) is 16.7 Å². The van der Waals surface area contributed by atoms with Gasteiger partial charge in [-0.3, -0.25) is 4.79 Å². The van der Waals surface area contributed by atoms with Crippen molar-refractivity contribution in [3.63, 3.8) is 0 Å². The second-order valence-electron chi connectivity index (χ2n) is 7.22. The van der Waals surface area contributed by atoms with Gasteiger partial charge in [-0.05, 0) is 49.7 Å². The van der Waals surface area contributed by atoms with E-state index in [1.807, 2.05) is 31.2 Å². The molecule has 2 aliphatic rings. The number of carbonyl (C=O) groups is 1. The van der Waals surface area contributed by atoms with Gasteiger partial charge < -0.3 is 0 Å². The molecule has 1 aromatic rings. The zero-order valence-corrected chi connectivity index (χ0v) is 12.9. The molecule has 0 saturated heterocycles. The lowest BCUT2D eigenvalue weighted by atomic mass is 9.70. The van der Waals surface area contributed by atoms with Crippen molar-refractivity contribution >= 4 is 11.6 Å². The van der Waals surface area contributed by atoms with Gasteiger partial charge in [-0.1, -0.05) is 38.5 Å². The fourth-order valence-corrected chi connectivity index (χ4v) is 3.98. The molecular weight excluding hydrogens is 246 g/mol. The van der Waals surface area contributed by atoms with Gasteiger partial charge in [0.2, 0.25) is 0 Å². The van der Waals surface area contributed by atoms with Crippen LogP contribution in [0.25, 0.3) is 0 Å². The van der Waals surface area contributed by atoms with E-state index in [1.165, 1.54) is 18.4 Å². The number of amides is 1. The number of benzene rings is 1. The first kappa shape index (κ1) is 13.5. The fourth-order valence-electron chi connectivity index (χ4n) is 3.98. The van der Waals surface area contributed by atoms with Crippen molar-refractivity contribution in [2.45, 2.75) is 47.0 Å². The molecule has 1 amide bonds. The second-order valence-corrected chi connectivity index (χ2v) is 7.22. The number of rotatable bonds is 1. The van der Waals surface area contributed by atoms with Gasteiger partial charge in [0.15, 0.2) is 0 Å². The minimum absolute atomic E-state index is 0.0791. The van der Waals surface area contributed by atoms with E-state index in [0.717, 1.165) is 12.1 Å². The summed E-state index contributed by atoms with van der Waals surface area (Å²) in [5, 5.41) is 0. The summed E-state index contributed by atoms with van der Waals surface area (Å²) < 4.78 is 0. The molecule has 106 valence electrons. The molecule has 0 heterocycles. The van der Waals surface area contributed by atoms with Crippen LogP contribution < -0.4 is 0 Å². The van der Waals surface area contributed by atoms with E-state index >= 15 is 0 Å².